The van der Waals surface area contributed by atoms with Gasteiger partial charge in [-0.25, -0.2) is 9.35 Å². The zero-order valence-corrected chi connectivity index (χ0v) is 7.30. The Hall–Kier alpha value is -0.190. The van der Waals surface area contributed by atoms with E-state index in [4.69, 9.17) is 5.14 Å². The first-order valence-corrected chi connectivity index (χ1v) is 5.07. The van der Waals surface area contributed by atoms with Crippen molar-refractivity contribution >= 4 is 22.3 Å². The molecule has 4 heteroatoms. The van der Waals surface area contributed by atoms with Crippen LogP contribution < -0.4 is 5.14 Å². The van der Waals surface area contributed by atoms with Crippen molar-refractivity contribution in [3.63, 3.8) is 0 Å². The van der Waals surface area contributed by atoms with Crippen LogP contribution in [0.4, 0.5) is 0 Å². The number of hydrogen-bond donors (Lipinski definition) is 1. The van der Waals surface area contributed by atoms with Crippen LogP contribution in [0.5, 0.6) is 0 Å². The van der Waals surface area contributed by atoms with Crippen molar-refractivity contribution in [2.24, 2.45) is 5.14 Å². The minimum atomic E-state index is -1.29. The van der Waals surface area contributed by atoms with Gasteiger partial charge < -0.3 is 0 Å². The molecule has 2 N–H and O–H groups in total. The topological polar surface area (TPSA) is 43.1 Å². The van der Waals surface area contributed by atoms with Gasteiger partial charge in [-0.05, 0) is 23.4 Å². The molecule has 0 aliphatic heterocycles. The molecule has 1 atom stereocenters. The largest absolute Gasteiger partial charge is 0.247 e. The van der Waals surface area contributed by atoms with E-state index in [0.29, 0.717) is 0 Å². The molecule has 1 heterocycles. The van der Waals surface area contributed by atoms with Gasteiger partial charge in [0.25, 0.3) is 0 Å². The van der Waals surface area contributed by atoms with Gasteiger partial charge in [-0.2, -0.15) is 0 Å². The normalized spacial score (nSPS) is 13.4. The molecule has 0 radical (unpaired) electrons. The number of hydrogen-bond acceptors (Lipinski definition) is 2. The molecule has 0 saturated carbocycles. The van der Waals surface area contributed by atoms with Gasteiger partial charge in [0.15, 0.2) is 0 Å². The third kappa shape index (κ3) is 1.45. The lowest BCUT2D eigenvalue weighted by Crippen LogP contribution is -2.02. The van der Waals surface area contributed by atoms with E-state index in [0.717, 1.165) is 16.2 Å². The molecule has 0 aromatic carbocycles. The molecule has 0 spiro atoms. The summed E-state index contributed by atoms with van der Waals surface area (Å²) < 4.78 is 11.6. The number of nitrogens with two attached hydrogens (primary N) is 1. The maximum absolute atomic E-state index is 10.8. The molecule has 1 aromatic heterocycles. The lowest BCUT2D eigenvalue weighted by atomic mass is 10.3. The fourth-order valence-corrected chi connectivity index (χ4v) is 2.50. The van der Waals surface area contributed by atoms with Crippen LogP contribution in [0.1, 0.15) is 12.5 Å². The minimum Gasteiger partial charge on any atom is -0.247 e. The molecule has 0 aliphatic carbocycles. The first-order chi connectivity index (χ1) is 4.75. The third-order valence-corrected chi connectivity index (χ3v) is 3.43. The van der Waals surface area contributed by atoms with Crippen LogP contribution in [0.3, 0.4) is 0 Å². The summed E-state index contributed by atoms with van der Waals surface area (Å²) in [5.74, 6) is 0. The van der Waals surface area contributed by atoms with Crippen molar-refractivity contribution < 1.29 is 4.21 Å². The quantitative estimate of drug-likeness (QED) is 0.723. The standard InChI is InChI=1S/C6H9NOS2/c1-2-5-3-4-9-6(5)10(7)8/h3-4H,2,7H2,1H3. The zero-order valence-electron chi connectivity index (χ0n) is 5.66. The minimum absolute atomic E-state index is 0.808. The summed E-state index contributed by atoms with van der Waals surface area (Å²) in [4.78, 5) is 0. The summed E-state index contributed by atoms with van der Waals surface area (Å²) in [6, 6.07) is 1.96. The molecule has 1 aromatic rings. The van der Waals surface area contributed by atoms with Gasteiger partial charge in [0.1, 0.15) is 15.2 Å². The van der Waals surface area contributed by atoms with E-state index >= 15 is 0 Å². The van der Waals surface area contributed by atoms with E-state index in [1.54, 1.807) is 0 Å². The molecule has 0 amide bonds. The fourth-order valence-electron chi connectivity index (χ4n) is 0.760. The van der Waals surface area contributed by atoms with Crippen LogP contribution in [0.15, 0.2) is 15.7 Å². The average Bonchev–Trinajstić information content (AvgIpc) is 2.33. The maximum Gasteiger partial charge on any atom is 0.132 e. The Balaban J connectivity index is 3.01. The van der Waals surface area contributed by atoms with E-state index in [-0.39, 0.29) is 0 Å². The van der Waals surface area contributed by atoms with E-state index in [9.17, 15) is 4.21 Å². The van der Waals surface area contributed by atoms with Crippen molar-refractivity contribution in [3.8, 4) is 0 Å². The summed E-state index contributed by atoms with van der Waals surface area (Å²) in [5, 5.41) is 7.13. The molecule has 10 heavy (non-hydrogen) atoms. The molecular formula is C6H9NOS2. The SMILES string of the molecule is CCc1ccsc1S(N)=O. The molecule has 0 aliphatic rings. The summed E-state index contributed by atoms with van der Waals surface area (Å²) in [7, 11) is -1.29. The molecule has 56 valence electrons. The Kier molecular flexibility index (Phi) is 2.59. The fraction of sp³-hybridized carbons (Fsp3) is 0.333. The highest BCUT2D eigenvalue weighted by molar-refractivity contribution is 7.85. The summed E-state index contributed by atoms with van der Waals surface area (Å²) in [5.41, 5.74) is 1.10. The Labute approximate surface area is 66.7 Å². The molecule has 1 rings (SSSR count). The molecule has 0 fully saturated rings. The van der Waals surface area contributed by atoms with Crippen LogP contribution in [0, 0.1) is 0 Å². The molecule has 1 unspecified atom stereocenters. The van der Waals surface area contributed by atoms with E-state index in [1.807, 2.05) is 18.4 Å². The van der Waals surface area contributed by atoms with Crippen molar-refractivity contribution in [1.29, 1.82) is 0 Å². The first kappa shape index (κ1) is 7.91. The Bertz CT molecular complexity index is 244. The Morgan fingerprint density at radius 1 is 1.80 bits per heavy atom. The second kappa shape index (κ2) is 3.27. The molecule has 0 bridgehead atoms. The second-order valence-corrected chi connectivity index (χ2v) is 4.06. The van der Waals surface area contributed by atoms with Crippen molar-refractivity contribution in [2.45, 2.75) is 17.6 Å². The third-order valence-electron chi connectivity index (χ3n) is 1.27. The zero-order chi connectivity index (χ0) is 7.56. The monoisotopic (exact) mass is 175 g/mol. The molecular weight excluding hydrogens is 166 g/mol. The Morgan fingerprint density at radius 2 is 2.50 bits per heavy atom. The van der Waals surface area contributed by atoms with Crippen LogP contribution in [-0.2, 0) is 17.4 Å². The van der Waals surface area contributed by atoms with Gasteiger partial charge in [-0.3, -0.25) is 0 Å². The van der Waals surface area contributed by atoms with Gasteiger partial charge in [0.2, 0.25) is 0 Å². The van der Waals surface area contributed by atoms with Gasteiger partial charge in [0, 0.05) is 0 Å². The predicted molar refractivity (Wildman–Crippen MR) is 44.3 cm³/mol. The number of rotatable bonds is 2. The predicted octanol–water partition coefficient (Wildman–Crippen LogP) is 1.29. The maximum atomic E-state index is 10.8. The second-order valence-electron chi connectivity index (χ2n) is 1.88. The Morgan fingerprint density at radius 3 is 2.90 bits per heavy atom. The lowest BCUT2D eigenvalue weighted by molar-refractivity contribution is 0.685. The summed E-state index contributed by atoms with van der Waals surface area (Å²) in [6.45, 7) is 2.03. The van der Waals surface area contributed by atoms with Crippen LogP contribution in [-0.4, -0.2) is 4.21 Å². The molecule has 2 nitrogen and oxygen atoms in total. The lowest BCUT2D eigenvalue weighted by Gasteiger charge is -1.93. The van der Waals surface area contributed by atoms with Crippen LogP contribution in [0.2, 0.25) is 0 Å². The highest BCUT2D eigenvalue weighted by atomic mass is 32.2. The van der Waals surface area contributed by atoms with Crippen molar-refractivity contribution in [2.75, 3.05) is 0 Å². The van der Waals surface area contributed by atoms with Crippen LogP contribution in [0.25, 0.3) is 0 Å². The first-order valence-electron chi connectivity index (χ1n) is 2.98. The number of thiophene rings is 1. The molecule has 0 saturated heterocycles. The van der Waals surface area contributed by atoms with Gasteiger partial charge in [-0.15, -0.1) is 11.3 Å². The van der Waals surface area contributed by atoms with E-state index in [1.165, 1.54) is 11.3 Å². The van der Waals surface area contributed by atoms with Crippen molar-refractivity contribution in [3.05, 3.63) is 17.0 Å². The van der Waals surface area contributed by atoms with Gasteiger partial charge in [-0.1, -0.05) is 6.92 Å². The van der Waals surface area contributed by atoms with Gasteiger partial charge >= 0.3 is 0 Å². The van der Waals surface area contributed by atoms with E-state index < -0.39 is 11.0 Å². The smallest absolute Gasteiger partial charge is 0.132 e. The highest BCUT2D eigenvalue weighted by Gasteiger charge is 2.04. The highest BCUT2D eigenvalue weighted by Crippen LogP contribution is 2.18. The van der Waals surface area contributed by atoms with Gasteiger partial charge in [0.05, 0.1) is 0 Å². The number of aryl methyl sites for hydroxylation is 1. The summed E-state index contributed by atoms with van der Waals surface area (Å²) in [6.07, 6.45) is 0.905. The summed E-state index contributed by atoms with van der Waals surface area (Å²) >= 11 is 1.46. The van der Waals surface area contributed by atoms with Crippen LogP contribution >= 0.6 is 11.3 Å². The van der Waals surface area contributed by atoms with Crippen molar-refractivity contribution in [1.82, 2.24) is 0 Å². The van der Waals surface area contributed by atoms with E-state index in [2.05, 4.69) is 0 Å². The average molecular weight is 175 g/mol.